The van der Waals surface area contributed by atoms with Gasteiger partial charge in [-0.2, -0.15) is 0 Å². The van der Waals surface area contributed by atoms with Gasteiger partial charge in [-0.1, -0.05) is 5.16 Å². The first-order valence-electron chi connectivity index (χ1n) is 5.96. The van der Waals surface area contributed by atoms with Gasteiger partial charge in [-0.25, -0.2) is 4.79 Å². The zero-order chi connectivity index (χ0) is 14.1. The molecule has 0 aliphatic carbocycles. The number of nitrogens with zero attached hydrogens (tertiary/aromatic N) is 1. The minimum absolute atomic E-state index is 0.204. The molecular formula is C15H11NO4. The fraction of sp³-hybridized carbons (Fsp3) is 0.0667. The quantitative estimate of drug-likeness (QED) is 0.790. The van der Waals surface area contributed by atoms with Crippen molar-refractivity contribution in [1.82, 2.24) is 5.16 Å². The summed E-state index contributed by atoms with van der Waals surface area (Å²) in [5, 5.41) is 13.7. The number of fused-ring (bicyclic) bond motifs is 1. The van der Waals surface area contributed by atoms with Gasteiger partial charge in [-0.05, 0) is 42.5 Å². The summed E-state index contributed by atoms with van der Waals surface area (Å²) in [6.07, 6.45) is 0. The molecule has 5 heteroatoms. The van der Waals surface area contributed by atoms with Crippen LogP contribution in [0.1, 0.15) is 10.4 Å². The summed E-state index contributed by atoms with van der Waals surface area (Å²) in [7, 11) is 1.60. The zero-order valence-corrected chi connectivity index (χ0v) is 10.7. The van der Waals surface area contributed by atoms with E-state index < -0.39 is 5.97 Å². The molecule has 0 saturated carbocycles. The van der Waals surface area contributed by atoms with Gasteiger partial charge in [0.2, 0.25) is 0 Å². The molecule has 3 aromatic rings. The van der Waals surface area contributed by atoms with Crippen molar-refractivity contribution in [3.8, 4) is 17.1 Å². The maximum Gasteiger partial charge on any atom is 0.335 e. The maximum atomic E-state index is 11.0. The van der Waals surface area contributed by atoms with Gasteiger partial charge in [0.15, 0.2) is 5.76 Å². The van der Waals surface area contributed by atoms with E-state index >= 15 is 0 Å². The molecule has 2 aromatic carbocycles. The van der Waals surface area contributed by atoms with E-state index in [4.69, 9.17) is 14.4 Å². The van der Waals surface area contributed by atoms with Crippen LogP contribution in [-0.4, -0.2) is 23.3 Å². The van der Waals surface area contributed by atoms with Crippen LogP contribution in [0.25, 0.3) is 22.2 Å². The number of ether oxygens (including phenoxy) is 1. The number of hydrogen-bond acceptors (Lipinski definition) is 4. The van der Waals surface area contributed by atoms with E-state index in [1.165, 1.54) is 6.07 Å². The Kier molecular flexibility index (Phi) is 2.87. The van der Waals surface area contributed by atoms with Crippen molar-refractivity contribution < 1.29 is 19.2 Å². The average Bonchev–Trinajstić information content (AvgIpc) is 2.90. The number of aromatic carboxylic acids is 1. The molecule has 100 valence electrons. The van der Waals surface area contributed by atoms with E-state index in [2.05, 4.69) is 5.16 Å². The van der Waals surface area contributed by atoms with Crippen LogP contribution < -0.4 is 4.74 Å². The summed E-state index contributed by atoms with van der Waals surface area (Å²) in [6, 6.07) is 12.0. The smallest absolute Gasteiger partial charge is 0.335 e. The SMILES string of the molecule is COc1ccc(-c2onc3ccc(C(=O)O)cc23)cc1. The summed E-state index contributed by atoms with van der Waals surface area (Å²) in [5.41, 5.74) is 1.65. The number of benzene rings is 2. The summed E-state index contributed by atoms with van der Waals surface area (Å²) >= 11 is 0. The van der Waals surface area contributed by atoms with Gasteiger partial charge in [-0.15, -0.1) is 0 Å². The summed E-state index contributed by atoms with van der Waals surface area (Å²) in [4.78, 5) is 11.0. The molecule has 1 N–H and O–H groups in total. The summed E-state index contributed by atoms with van der Waals surface area (Å²) < 4.78 is 10.4. The molecule has 0 aliphatic heterocycles. The van der Waals surface area contributed by atoms with Gasteiger partial charge in [-0.3, -0.25) is 0 Å². The number of carboxylic acids is 1. The Morgan fingerprint density at radius 3 is 2.60 bits per heavy atom. The standard InChI is InChI=1S/C15H11NO4/c1-19-11-5-2-9(3-6-11)14-12-8-10(15(17)18)4-7-13(12)16-20-14/h2-8H,1H3,(H,17,18). The van der Waals surface area contributed by atoms with E-state index in [-0.39, 0.29) is 5.56 Å². The fourth-order valence-corrected chi connectivity index (χ4v) is 2.03. The Morgan fingerprint density at radius 2 is 1.95 bits per heavy atom. The van der Waals surface area contributed by atoms with Crippen molar-refractivity contribution in [3.05, 3.63) is 48.0 Å². The number of hydrogen-bond donors (Lipinski definition) is 1. The van der Waals surface area contributed by atoms with Crippen LogP contribution in [0.2, 0.25) is 0 Å². The van der Waals surface area contributed by atoms with Crippen LogP contribution >= 0.6 is 0 Å². The summed E-state index contributed by atoms with van der Waals surface area (Å²) in [5.74, 6) is 0.309. The van der Waals surface area contributed by atoms with Crippen LogP contribution in [-0.2, 0) is 0 Å². The Labute approximate surface area is 114 Å². The highest BCUT2D eigenvalue weighted by Gasteiger charge is 2.13. The third-order valence-corrected chi connectivity index (χ3v) is 3.08. The molecule has 0 radical (unpaired) electrons. The van der Waals surface area contributed by atoms with Gasteiger partial charge in [0.25, 0.3) is 0 Å². The normalized spacial score (nSPS) is 10.7. The summed E-state index contributed by atoms with van der Waals surface area (Å²) in [6.45, 7) is 0. The monoisotopic (exact) mass is 269 g/mol. The molecule has 0 unspecified atom stereocenters. The lowest BCUT2D eigenvalue weighted by molar-refractivity contribution is 0.0697. The van der Waals surface area contributed by atoms with E-state index in [1.54, 1.807) is 19.2 Å². The lowest BCUT2D eigenvalue weighted by Crippen LogP contribution is -1.94. The fourth-order valence-electron chi connectivity index (χ4n) is 2.03. The van der Waals surface area contributed by atoms with E-state index in [0.717, 1.165) is 11.3 Å². The topological polar surface area (TPSA) is 72.6 Å². The molecule has 0 amide bonds. The van der Waals surface area contributed by atoms with Crippen molar-refractivity contribution in [2.75, 3.05) is 7.11 Å². The van der Waals surface area contributed by atoms with Crippen LogP contribution in [0.4, 0.5) is 0 Å². The molecule has 20 heavy (non-hydrogen) atoms. The number of aromatic nitrogens is 1. The third-order valence-electron chi connectivity index (χ3n) is 3.08. The third kappa shape index (κ3) is 1.99. The number of carboxylic acid groups (broad SMARTS) is 1. The second-order valence-electron chi connectivity index (χ2n) is 4.28. The molecule has 0 atom stereocenters. The maximum absolute atomic E-state index is 11.0. The molecule has 0 aliphatic rings. The predicted octanol–water partition coefficient (Wildman–Crippen LogP) is 3.20. The molecule has 1 heterocycles. The van der Waals surface area contributed by atoms with Crippen LogP contribution in [0.15, 0.2) is 47.0 Å². The second-order valence-corrected chi connectivity index (χ2v) is 4.28. The lowest BCUT2D eigenvalue weighted by atomic mass is 10.1. The van der Waals surface area contributed by atoms with Gasteiger partial charge >= 0.3 is 5.97 Å². The van der Waals surface area contributed by atoms with E-state index in [1.807, 2.05) is 24.3 Å². The van der Waals surface area contributed by atoms with Gasteiger partial charge in [0.1, 0.15) is 11.3 Å². The van der Waals surface area contributed by atoms with Crippen molar-refractivity contribution >= 4 is 16.9 Å². The molecule has 3 rings (SSSR count). The predicted molar refractivity (Wildman–Crippen MR) is 73.0 cm³/mol. The molecule has 1 aromatic heterocycles. The van der Waals surface area contributed by atoms with Crippen molar-refractivity contribution in [3.63, 3.8) is 0 Å². The highest BCUT2D eigenvalue weighted by atomic mass is 16.5. The highest BCUT2D eigenvalue weighted by molar-refractivity contribution is 5.98. The van der Waals surface area contributed by atoms with Gasteiger partial charge < -0.3 is 14.4 Å². The molecule has 0 saturated heterocycles. The van der Waals surface area contributed by atoms with Gasteiger partial charge in [0.05, 0.1) is 18.1 Å². The minimum Gasteiger partial charge on any atom is -0.497 e. The Hall–Kier alpha value is -2.82. The minimum atomic E-state index is -0.978. The first kappa shape index (κ1) is 12.2. The van der Waals surface area contributed by atoms with Crippen molar-refractivity contribution in [1.29, 1.82) is 0 Å². The van der Waals surface area contributed by atoms with E-state index in [9.17, 15) is 4.79 Å². The Morgan fingerprint density at radius 1 is 1.20 bits per heavy atom. The molecule has 0 bridgehead atoms. The van der Waals surface area contributed by atoms with Crippen LogP contribution in [0.3, 0.4) is 0 Å². The lowest BCUT2D eigenvalue weighted by Gasteiger charge is -2.01. The van der Waals surface area contributed by atoms with Crippen molar-refractivity contribution in [2.45, 2.75) is 0 Å². The second kappa shape index (κ2) is 4.70. The number of carbonyl (C=O) groups is 1. The first-order chi connectivity index (χ1) is 9.69. The largest absolute Gasteiger partial charge is 0.497 e. The number of rotatable bonds is 3. The molecule has 5 nitrogen and oxygen atoms in total. The Balaban J connectivity index is 2.14. The molecule has 0 spiro atoms. The Bertz CT molecular complexity index is 774. The van der Waals surface area contributed by atoms with Gasteiger partial charge in [0, 0.05) is 5.56 Å². The average molecular weight is 269 g/mol. The first-order valence-corrected chi connectivity index (χ1v) is 5.96. The van der Waals surface area contributed by atoms with E-state index in [0.29, 0.717) is 16.7 Å². The van der Waals surface area contributed by atoms with Crippen molar-refractivity contribution in [2.24, 2.45) is 0 Å². The molecular weight excluding hydrogens is 258 g/mol. The van der Waals surface area contributed by atoms with Crippen LogP contribution in [0, 0.1) is 0 Å². The number of methoxy groups -OCH3 is 1. The molecule has 0 fully saturated rings. The highest BCUT2D eigenvalue weighted by Crippen LogP contribution is 2.30. The van der Waals surface area contributed by atoms with Crippen LogP contribution in [0.5, 0.6) is 5.75 Å². The zero-order valence-electron chi connectivity index (χ0n) is 10.7.